The summed E-state index contributed by atoms with van der Waals surface area (Å²) in [5.74, 6) is 1.13. The van der Waals surface area contributed by atoms with Gasteiger partial charge in [0.15, 0.2) is 5.78 Å². The zero-order valence-corrected chi connectivity index (χ0v) is 6.20. The number of allylic oxidation sites excluding steroid dienone is 2. The molecule has 0 bridgehead atoms. The fraction of sp³-hybridized carbons (Fsp3) is 0.286. The van der Waals surface area contributed by atoms with Crippen LogP contribution in [0.2, 0.25) is 0 Å². The Morgan fingerprint density at radius 3 is 3.40 bits per heavy atom. The Labute approximate surface area is 63.4 Å². The molecule has 0 unspecified atom stereocenters. The van der Waals surface area contributed by atoms with Crippen LogP contribution in [0.1, 0.15) is 6.42 Å². The fourth-order valence-corrected chi connectivity index (χ4v) is 1.97. The average Bonchev–Trinajstić information content (AvgIpc) is 2.33. The number of rotatable bonds is 0. The largest absolute Gasteiger partial charge is 0.375 e. The van der Waals surface area contributed by atoms with Crippen LogP contribution in [0.4, 0.5) is 0 Å². The molecule has 2 aliphatic rings. The van der Waals surface area contributed by atoms with E-state index in [0.717, 1.165) is 16.5 Å². The van der Waals surface area contributed by atoms with Gasteiger partial charge < -0.3 is 5.32 Å². The number of carbonyl (C=O) groups is 1. The van der Waals surface area contributed by atoms with Crippen LogP contribution in [0.5, 0.6) is 0 Å². The Kier molecular flexibility index (Phi) is 1.31. The van der Waals surface area contributed by atoms with Crippen LogP contribution in [0, 0.1) is 0 Å². The quantitative estimate of drug-likeness (QED) is 0.563. The van der Waals surface area contributed by atoms with Gasteiger partial charge in [-0.3, -0.25) is 4.79 Å². The van der Waals surface area contributed by atoms with Gasteiger partial charge in [-0.1, -0.05) is 6.08 Å². The number of hydrogen-bond donors (Lipinski definition) is 1. The van der Waals surface area contributed by atoms with E-state index in [9.17, 15) is 4.79 Å². The van der Waals surface area contributed by atoms with Gasteiger partial charge in [0.2, 0.25) is 0 Å². The van der Waals surface area contributed by atoms with Crippen LogP contribution in [0.25, 0.3) is 0 Å². The Morgan fingerprint density at radius 1 is 1.60 bits per heavy atom. The highest BCUT2D eigenvalue weighted by atomic mass is 32.2. The maximum Gasteiger partial charge on any atom is 0.160 e. The zero-order chi connectivity index (χ0) is 6.97. The minimum Gasteiger partial charge on any atom is -0.375 e. The summed E-state index contributed by atoms with van der Waals surface area (Å²) < 4.78 is 0. The van der Waals surface area contributed by atoms with Crippen molar-refractivity contribution in [3.05, 3.63) is 22.8 Å². The summed E-state index contributed by atoms with van der Waals surface area (Å²) >= 11 is 1.69. The second-order valence-corrected chi connectivity index (χ2v) is 3.28. The molecular weight excluding hydrogens is 146 g/mol. The van der Waals surface area contributed by atoms with Crippen LogP contribution in [0.3, 0.4) is 0 Å². The molecule has 0 radical (unpaired) electrons. The average molecular weight is 153 g/mol. The maximum atomic E-state index is 10.8. The summed E-state index contributed by atoms with van der Waals surface area (Å²) in [6, 6.07) is 0. The Balaban J connectivity index is 2.35. The fourth-order valence-electron chi connectivity index (χ4n) is 1.06. The molecule has 0 amide bonds. The van der Waals surface area contributed by atoms with Crippen LogP contribution >= 0.6 is 11.8 Å². The van der Waals surface area contributed by atoms with Crippen molar-refractivity contribution in [3.63, 3.8) is 0 Å². The molecule has 52 valence electrons. The van der Waals surface area contributed by atoms with Crippen LogP contribution in [-0.4, -0.2) is 11.7 Å². The van der Waals surface area contributed by atoms with Crippen molar-refractivity contribution in [2.24, 2.45) is 0 Å². The van der Waals surface area contributed by atoms with Crippen LogP contribution in [-0.2, 0) is 4.79 Å². The molecule has 1 aliphatic carbocycles. The normalized spacial score (nSPS) is 23.0. The molecule has 0 aromatic heterocycles. The lowest BCUT2D eigenvalue weighted by Gasteiger charge is -2.03. The topological polar surface area (TPSA) is 29.1 Å². The van der Waals surface area contributed by atoms with E-state index in [2.05, 4.69) is 5.32 Å². The van der Waals surface area contributed by atoms with E-state index in [1.54, 1.807) is 17.8 Å². The Bertz CT molecular complexity index is 242. The van der Waals surface area contributed by atoms with Crippen molar-refractivity contribution in [1.82, 2.24) is 5.32 Å². The van der Waals surface area contributed by atoms with E-state index in [1.165, 1.54) is 0 Å². The molecule has 1 heterocycles. The smallest absolute Gasteiger partial charge is 0.160 e. The molecule has 1 saturated heterocycles. The van der Waals surface area contributed by atoms with Gasteiger partial charge >= 0.3 is 0 Å². The lowest BCUT2D eigenvalue weighted by Crippen LogP contribution is -2.07. The molecule has 1 N–H and O–H groups in total. The summed E-state index contributed by atoms with van der Waals surface area (Å²) in [7, 11) is 0. The number of hydrogen-bond acceptors (Lipinski definition) is 3. The summed E-state index contributed by atoms with van der Waals surface area (Å²) in [6.07, 6.45) is 4.24. The van der Waals surface area contributed by atoms with Crippen molar-refractivity contribution >= 4 is 17.5 Å². The van der Waals surface area contributed by atoms with E-state index in [4.69, 9.17) is 0 Å². The van der Waals surface area contributed by atoms with Crippen molar-refractivity contribution in [1.29, 1.82) is 0 Å². The molecule has 2 nitrogen and oxygen atoms in total. The van der Waals surface area contributed by atoms with Gasteiger partial charge in [0.1, 0.15) is 0 Å². The molecule has 10 heavy (non-hydrogen) atoms. The van der Waals surface area contributed by atoms with Crippen molar-refractivity contribution in [3.8, 4) is 0 Å². The number of carbonyl (C=O) groups excluding carboxylic acids is 1. The van der Waals surface area contributed by atoms with Gasteiger partial charge in [-0.05, 0) is 6.08 Å². The molecule has 1 aliphatic heterocycles. The van der Waals surface area contributed by atoms with Crippen LogP contribution < -0.4 is 5.32 Å². The number of ketones is 1. The van der Waals surface area contributed by atoms with Crippen molar-refractivity contribution < 1.29 is 4.79 Å². The van der Waals surface area contributed by atoms with Gasteiger partial charge in [0, 0.05) is 17.0 Å². The van der Waals surface area contributed by atoms with Gasteiger partial charge in [-0.25, -0.2) is 0 Å². The highest BCUT2D eigenvalue weighted by Crippen LogP contribution is 2.30. The molecule has 1 fully saturated rings. The third-order valence-corrected chi connectivity index (χ3v) is 2.49. The molecular formula is C7H7NOS. The molecule has 0 atom stereocenters. The third-order valence-electron chi connectivity index (χ3n) is 1.56. The third kappa shape index (κ3) is 0.865. The maximum absolute atomic E-state index is 10.8. The first kappa shape index (κ1) is 6.04. The minimum absolute atomic E-state index is 0.218. The lowest BCUT2D eigenvalue weighted by atomic mass is 10.1. The monoisotopic (exact) mass is 153 g/mol. The standard InChI is InChI=1S/C7H7NOS/c9-5-1-2-6-7(3-5)10-4-8-6/h2-3,8H,1,4H2. The first-order valence-corrected chi connectivity index (χ1v) is 4.16. The predicted octanol–water partition coefficient (Wildman–Crippen LogP) is 1.02. The van der Waals surface area contributed by atoms with Crippen molar-refractivity contribution in [2.45, 2.75) is 6.42 Å². The van der Waals surface area contributed by atoms with Gasteiger partial charge in [0.25, 0.3) is 0 Å². The van der Waals surface area contributed by atoms with E-state index in [1.807, 2.05) is 6.08 Å². The van der Waals surface area contributed by atoms with Crippen molar-refractivity contribution in [2.75, 3.05) is 5.88 Å². The number of nitrogens with one attached hydrogen (secondary N) is 1. The molecule has 2 rings (SSSR count). The number of thioether (sulfide) groups is 1. The Morgan fingerprint density at radius 2 is 2.50 bits per heavy atom. The Hall–Kier alpha value is -0.700. The molecule has 0 spiro atoms. The SMILES string of the molecule is O=C1C=C2SCNC2=CC1. The summed E-state index contributed by atoms with van der Waals surface area (Å²) in [5.41, 5.74) is 1.14. The first-order valence-electron chi connectivity index (χ1n) is 3.18. The molecule has 0 aromatic carbocycles. The van der Waals surface area contributed by atoms with E-state index in [-0.39, 0.29) is 5.78 Å². The predicted molar refractivity (Wildman–Crippen MR) is 41.4 cm³/mol. The zero-order valence-electron chi connectivity index (χ0n) is 5.39. The van der Waals surface area contributed by atoms with Crippen LogP contribution in [0.15, 0.2) is 22.8 Å². The molecule has 0 aromatic rings. The second kappa shape index (κ2) is 2.16. The van der Waals surface area contributed by atoms with E-state index >= 15 is 0 Å². The number of fused-ring (bicyclic) bond motifs is 1. The molecule has 0 saturated carbocycles. The lowest BCUT2D eigenvalue weighted by molar-refractivity contribution is -0.113. The van der Waals surface area contributed by atoms with Gasteiger partial charge in [-0.15, -0.1) is 11.8 Å². The summed E-state index contributed by atoms with van der Waals surface area (Å²) in [4.78, 5) is 12.0. The van der Waals surface area contributed by atoms with E-state index < -0.39 is 0 Å². The highest BCUT2D eigenvalue weighted by Gasteiger charge is 2.17. The minimum atomic E-state index is 0.218. The van der Waals surface area contributed by atoms with Gasteiger partial charge in [0.05, 0.1) is 5.88 Å². The molecule has 3 heteroatoms. The van der Waals surface area contributed by atoms with E-state index in [0.29, 0.717) is 6.42 Å². The first-order chi connectivity index (χ1) is 4.86. The highest BCUT2D eigenvalue weighted by molar-refractivity contribution is 8.03. The van der Waals surface area contributed by atoms with Gasteiger partial charge in [-0.2, -0.15) is 0 Å². The summed E-state index contributed by atoms with van der Waals surface area (Å²) in [6.45, 7) is 0. The summed E-state index contributed by atoms with van der Waals surface area (Å²) in [5, 5.41) is 3.18. The second-order valence-electron chi connectivity index (χ2n) is 2.26.